The Morgan fingerprint density at radius 1 is 1.47 bits per heavy atom. The summed E-state index contributed by atoms with van der Waals surface area (Å²) in [6, 6.07) is 2.87. The van der Waals surface area contributed by atoms with E-state index in [4.69, 9.17) is 17.3 Å². The normalized spacial score (nSPS) is 12.1. The third-order valence-electron chi connectivity index (χ3n) is 2.03. The molecule has 0 saturated carbocycles. The fourth-order valence-electron chi connectivity index (χ4n) is 1.23. The summed E-state index contributed by atoms with van der Waals surface area (Å²) in [5.41, 5.74) is 5.41. The Hall–Kier alpha value is -0.980. The Morgan fingerprint density at radius 2 is 2.06 bits per heavy atom. The molecule has 0 spiro atoms. The highest BCUT2D eigenvalue weighted by molar-refractivity contribution is 6.32. The second kappa shape index (κ2) is 6.68. The number of nitro groups is 1. The van der Waals surface area contributed by atoms with Crippen molar-refractivity contribution in [3.63, 3.8) is 0 Å². The molecule has 8 heteroatoms. The second-order valence-electron chi connectivity index (χ2n) is 3.20. The molecular weight excluding hydrogens is 277 g/mol. The van der Waals surface area contributed by atoms with Gasteiger partial charge < -0.3 is 5.73 Å². The van der Waals surface area contributed by atoms with E-state index >= 15 is 0 Å². The molecule has 0 aromatic heterocycles. The molecule has 0 aliphatic rings. The van der Waals surface area contributed by atoms with Crippen LogP contribution in [0.25, 0.3) is 0 Å². The predicted molar refractivity (Wildman–Crippen MR) is 62.9 cm³/mol. The largest absolute Gasteiger partial charge is 0.324 e. The fourth-order valence-corrected chi connectivity index (χ4v) is 1.41. The van der Waals surface area contributed by atoms with Crippen molar-refractivity contribution in [2.24, 2.45) is 5.73 Å². The van der Waals surface area contributed by atoms with Crippen LogP contribution in [0.1, 0.15) is 18.0 Å². The third kappa shape index (κ3) is 4.41. The molecule has 0 amide bonds. The number of hydrogen-bond acceptors (Lipinski definition) is 3. The zero-order valence-corrected chi connectivity index (χ0v) is 10.0. The van der Waals surface area contributed by atoms with E-state index < -0.39 is 23.8 Å². The standard InChI is InChI=1S/C9H9ClF2N2O2.ClH/c10-6-2-1-5(3-8(6)14(15)16)7(13)4-9(11)12;/h1-3,7,9H,4,13H2;1H/t7-;/m0./s1. The van der Waals surface area contributed by atoms with Crippen LogP contribution in [0.4, 0.5) is 14.5 Å². The van der Waals surface area contributed by atoms with Crippen LogP contribution in [0.5, 0.6) is 0 Å². The summed E-state index contributed by atoms with van der Waals surface area (Å²) in [6.07, 6.45) is -3.09. The van der Waals surface area contributed by atoms with Gasteiger partial charge in [-0.15, -0.1) is 12.4 Å². The van der Waals surface area contributed by atoms with E-state index in [1.807, 2.05) is 0 Å². The zero-order valence-electron chi connectivity index (χ0n) is 8.48. The Kier molecular flexibility index (Phi) is 6.30. The Bertz CT molecular complexity index is 405. The molecule has 0 fully saturated rings. The minimum absolute atomic E-state index is 0. The van der Waals surface area contributed by atoms with Crippen molar-refractivity contribution < 1.29 is 13.7 Å². The highest BCUT2D eigenvalue weighted by Crippen LogP contribution is 2.28. The van der Waals surface area contributed by atoms with E-state index in [9.17, 15) is 18.9 Å². The molecule has 0 saturated heterocycles. The van der Waals surface area contributed by atoms with Crippen molar-refractivity contribution in [1.82, 2.24) is 0 Å². The number of alkyl halides is 2. The van der Waals surface area contributed by atoms with Gasteiger partial charge in [-0.25, -0.2) is 8.78 Å². The van der Waals surface area contributed by atoms with Crippen LogP contribution in [0.2, 0.25) is 5.02 Å². The second-order valence-corrected chi connectivity index (χ2v) is 3.61. The van der Waals surface area contributed by atoms with E-state index in [0.29, 0.717) is 0 Å². The molecule has 17 heavy (non-hydrogen) atoms. The molecule has 4 nitrogen and oxygen atoms in total. The van der Waals surface area contributed by atoms with Gasteiger partial charge in [0.2, 0.25) is 6.43 Å². The summed E-state index contributed by atoms with van der Waals surface area (Å²) in [5, 5.41) is 10.5. The van der Waals surface area contributed by atoms with Gasteiger partial charge in [-0.2, -0.15) is 0 Å². The average molecular weight is 287 g/mol. The monoisotopic (exact) mass is 286 g/mol. The van der Waals surface area contributed by atoms with Crippen LogP contribution < -0.4 is 5.73 Å². The number of nitro benzene ring substituents is 1. The summed E-state index contributed by atoms with van der Waals surface area (Å²) >= 11 is 5.57. The first-order valence-electron chi connectivity index (χ1n) is 4.39. The summed E-state index contributed by atoms with van der Waals surface area (Å²) in [5.74, 6) is 0. The number of benzene rings is 1. The minimum atomic E-state index is -2.55. The topological polar surface area (TPSA) is 69.2 Å². The number of nitrogens with two attached hydrogens (primary N) is 1. The lowest BCUT2D eigenvalue weighted by atomic mass is 10.0. The van der Waals surface area contributed by atoms with Gasteiger partial charge in [0.15, 0.2) is 0 Å². The molecular formula is C9H10Cl2F2N2O2. The van der Waals surface area contributed by atoms with E-state index in [0.717, 1.165) is 6.07 Å². The van der Waals surface area contributed by atoms with Crippen molar-refractivity contribution in [3.05, 3.63) is 38.9 Å². The molecule has 0 unspecified atom stereocenters. The summed E-state index contributed by atoms with van der Waals surface area (Å²) in [4.78, 5) is 9.87. The Labute approximate surface area is 107 Å². The van der Waals surface area contributed by atoms with Gasteiger partial charge in [-0.05, 0) is 11.6 Å². The lowest BCUT2D eigenvalue weighted by molar-refractivity contribution is -0.384. The van der Waals surface area contributed by atoms with Gasteiger partial charge in [-0.1, -0.05) is 17.7 Å². The van der Waals surface area contributed by atoms with Crippen LogP contribution in [0, 0.1) is 10.1 Å². The van der Waals surface area contributed by atoms with Crippen molar-refractivity contribution in [2.75, 3.05) is 0 Å². The van der Waals surface area contributed by atoms with Crippen LogP contribution in [0.3, 0.4) is 0 Å². The maximum Gasteiger partial charge on any atom is 0.288 e. The molecule has 2 N–H and O–H groups in total. The van der Waals surface area contributed by atoms with Crippen molar-refractivity contribution in [1.29, 1.82) is 0 Å². The Balaban J connectivity index is 0.00000256. The lowest BCUT2D eigenvalue weighted by Crippen LogP contribution is -2.14. The molecule has 1 atom stereocenters. The van der Waals surface area contributed by atoms with Gasteiger partial charge in [-0.3, -0.25) is 10.1 Å². The lowest BCUT2D eigenvalue weighted by Gasteiger charge is -2.11. The van der Waals surface area contributed by atoms with Gasteiger partial charge >= 0.3 is 0 Å². The van der Waals surface area contributed by atoms with Gasteiger partial charge in [0, 0.05) is 18.5 Å². The van der Waals surface area contributed by atoms with Crippen molar-refractivity contribution in [2.45, 2.75) is 18.9 Å². The molecule has 1 rings (SSSR count). The highest BCUT2D eigenvalue weighted by atomic mass is 35.5. The van der Waals surface area contributed by atoms with E-state index in [1.165, 1.54) is 12.1 Å². The third-order valence-corrected chi connectivity index (χ3v) is 2.35. The first-order chi connectivity index (χ1) is 7.41. The van der Waals surface area contributed by atoms with Crippen LogP contribution in [-0.2, 0) is 0 Å². The van der Waals surface area contributed by atoms with Crippen molar-refractivity contribution >= 4 is 29.7 Å². The fraction of sp³-hybridized carbons (Fsp3) is 0.333. The molecule has 1 aromatic carbocycles. The molecule has 1 aromatic rings. The van der Waals surface area contributed by atoms with Gasteiger partial charge in [0.1, 0.15) is 5.02 Å². The Morgan fingerprint density at radius 3 is 2.53 bits per heavy atom. The molecule has 96 valence electrons. The number of halogens is 4. The van der Waals surface area contributed by atoms with Crippen molar-refractivity contribution in [3.8, 4) is 0 Å². The maximum absolute atomic E-state index is 12.1. The number of nitrogens with zero attached hydrogens (tertiary/aromatic N) is 1. The molecule has 0 aliphatic heterocycles. The van der Waals surface area contributed by atoms with Gasteiger partial charge in [0.05, 0.1) is 4.92 Å². The minimum Gasteiger partial charge on any atom is -0.324 e. The SMILES string of the molecule is Cl.N[C@@H](CC(F)F)c1ccc(Cl)c([N+](=O)[O-])c1. The maximum atomic E-state index is 12.1. The predicted octanol–water partition coefficient (Wildman–Crippen LogP) is 3.33. The molecule has 0 heterocycles. The van der Waals surface area contributed by atoms with E-state index in [-0.39, 0.29) is 28.7 Å². The first kappa shape index (κ1) is 16.0. The smallest absolute Gasteiger partial charge is 0.288 e. The van der Waals surface area contributed by atoms with E-state index in [1.54, 1.807) is 0 Å². The quantitative estimate of drug-likeness (QED) is 0.682. The van der Waals surface area contributed by atoms with Crippen LogP contribution in [0.15, 0.2) is 18.2 Å². The average Bonchev–Trinajstić information content (AvgIpc) is 2.16. The van der Waals surface area contributed by atoms with Crippen LogP contribution >= 0.6 is 24.0 Å². The van der Waals surface area contributed by atoms with Gasteiger partial charge in [0.25, 0.3) is 5.69 Å². The number of hydrogen-bond donors (Lipinski definition) is 1. The molecule has 0 aliphatic carbocycles. The zero-order chi connectivity index (χ0) is 12.3. The van der Waals surface area contributed by atoms with E-state index in [2.05, 4.69) is 0 Å². The summed E-state index contributed by atoms with van der Waals surface area (Å²) in [7, 11) is 0. The summed E-state index contributed by atoms with van der Waals surface area (Å²) < 4.78 is 24.1. The molecule has 0 radical (unpaired) electrons. The molecule has 0 bridgehead atoms. The summed E-state index contributed by atoms with van der Waals surface area (Å²) in [6.45, 7) is 0. The van der Waals surface area contributed by atoms with Crippen LogP contribution in [-0.4, -0.2) is 11.3 Å². The number of rotatable bonds is 4. The highest BCUT2D eigenvalue weighted by Gasteiger charge is 2.18. The first-order valence-corrected chi connectivity index (χ1v) is 4.77.